The number of carbonyl (C=O) groups is 2. The van der Waals surface area contributed by atoms with Gasteiger partial charge in [0.15, 0.2) is 11.5 Å². The van der Waals surface area contributed by atoms with Crippen molar-refractivity contribution in [3.05, 3.63) is 77.6 Å². The van der Waals surface area contributed by atoms with E-state index in [1.54, 1.807) is 35.9 Å². The topological polar surface area (TPSA) is 111 Å². The lowest BCUT2D eigenvalue weighted by Gasteiger charge is -2.07. The molecule has 0 saturated carbocycles. The molecule has 0 radical (unpaired) electrons. The zero-order valence-electron chi connectivity index (χ0n) is 19.5. The molecule has 0 aliphatic heterocycles. The van der Waals surface area contributed by atoms with Gasteiger partial charge in [-0.15, -0.1) is 10.2 Å². The van der Waals surface area contributed by atoms with Crippen LogP contribution in [0.4, 0.5) is 5.69 Å². The summed E-state index contributed by atoms with van der Waals surface area (Å²) < 4.78 is 6.76. The van der Waals surface area contributed by atoms with Gasteiger partial charge in [0.25, 0.3) is 5.91 Å². The summed E-state index contributed by atoms with van der Waals surface area (Å²) >= 11 is 1.33. The van der Waals surface area contributed by atoms with Crippen molar-refractivity contribution in [1.82, 2.24) is 25.1 Å². The van der Waals surface area contributed by atoms with E-state index in [2.05, 4.69) is 32.9 Å². The maximum absolute atomic E-state index is 12.4. The van der Waals surface area contributed by atoms with E-state index >= 15 is 0 Å². The molecule has 0 fully saturated rings. The molecule has 2 heterocycles. The number of carbonyl (C=O) groups excluding carboxylic acids is 2. The van der Waals surface area contributed by atoms with Gasteiger partial charge in [-0.2, -0.15) is 9.61 Å². The number of aromatic nitrogens is 4. The monoisotopic (exact) mass is 490 g/mol. The summed E-state index contributed by atoms with van der Waals surface area (Å²) in [5.41, 5.74) is 3.15. The molecule has 4 aromatic rings. The Morgan fingerprint density at radius 1 is 1.00 bits per heavy atom. The quantitative estimate of drug-likeness (QED) is 0.328. The highest BCUT2D eigenvalue weighted by Gasteiger charge is 2.11. The third-order valence-electron chi connectivity index (χ3n) is 5.29. The molecule has 180 valence electrons. The van der Waals surface area contributed by atoms with Gasteiger partial charge in [0.2, 0.25) is 5.91 Å². The normalized spacial score (nSPS) is 10.8. The smallest absolute Gasteiger partial charge is 0.251 e. The highest BCUT2D eigenvalue weighted by atomic mass is 32.2. The number of benzene rings is 2. The first-order valence-electron chi connectivity index (χ1n) is 11.2. The zero-order chi connectivity index (χ0) is 24.6. The summed E-state index contributed by atoms with van der Waals surface area (Å²) in [4.78, 5) is 24.7. The molecule has 0 saturated heterocycles. The Morgan fingerprint density at radius 2 is 1.77 bits per heavy atom. The molecular weight excluding hydrogens is 464 g/mol. The van der Waals surface area contributed by atoms with Gasteiger partial charge in [-0.25, -0.2) is 0 Å². The van der Waals surface area contributed by atoms with E-state index in [1.165, 1.54) is 17.3 Å². The Labute approximate surface area is 207 Å². The molecule has 2 N–H and O–H groups in total. The third-order valence-corrected chi connectivity index (χ3v) is 6.21. The van der Waals surface area contributed by atoms with Gasteiger partial charge in [-0.1, -0.05) is 30.8 Å². The molecule has 2 amide bonds. The Hall–Kier alpha value is -3.92. The van der Waals surface area contributed by atoms with Crippen molar-refractivity contribution in [2.45, 2.75) is 24.8 Å². The van der Waals surface area contributed by atoms with Crippen LogP contribution in [0.2, 0.25) is 0 Å². The predicted molar refractivity (Wildman–Crippen MR) is 135 cm³/mol. The Kier molecular flexibility index (Phi) is 7.94. The molecule has 0 spiro atoms. The Bertz CT molecular complexity index is 1310. The number of amides is 2. The molecule has 0 atom stereocenters. The van der Waals surface area contributed by atoms with Crippen LogP contribution in [0.3, 0.4) is 0 Å². The number of fused-ring (bicyclic) bond motifs is 1. The second-order valence-electron chi connectivity index (χ2n) is 7.68. The third kappa shape index (κ3) is 6.36. The van der Waals surface area contributed by atoms with Crippen molar-refractivity contribution < 1.29 is 14.3 Å². The van der Waals surface area contributed by atoms with Crippen molar-refractivity contribution in [1.29, 1.82) is 0 Å². The van der Waals surface area contributed by atoms with Gasteiger partial charge in [0, 0.05) is 24.2 Å². The first kappa shape index (κ1) is 24.2. The highest BCUT2D eigenvalue weighted by Crippen LogP contribution is 2.17. The number of thioether (sulfide) groups is 1. The first-order valence-corrected chi connectivity index (χ1v) is 12.2. The Morgan fingerprint density at radius 3 is 2.49 bits per heavy atom. The van der Waals surface area contributed by atoms with Crippen LogP contribution in [0, 0.1) is 0 Å². The molecule has 0 unspecified atom stereocenters. The summed E-state index contributed by atoms with van der Waals surface area (Å²) in [5, 5.41) is 19.3. The van der Waals surface area contributed by atoms with Crippen molar-refractivity contribution in [3.63, 3.8) is 0 Å². The summed E-state index contributed by atoms with van der Waals surface area (Å²) in [6.07, 6.45) is 1.41. The maximum Gasteiger partial charge on any atom is 0.251 e. The second kappa shape index (κ2) is 11.5. The predicted octanol–water partition coefficient (Wildman–Crippen LogP) is 3.40. The number of ether oxygens (including phenoxy) is 1. The number of nitrogens with one attached hydrogen (secondary N) is 2. The standard InChI is InChI=1S/C25H26N6O3S/c1-3-17-4-8-19(9-5-17)27-23(32)16-35-24-13-12-21-28-29-22(31(21)30-24)14-15-26-25(33)18-6-10-20(34-2)11-7-18/h4-13H,3,14-16H2,1-2H3,(H,26,33)(H,27,32). The SMILES string of the molecule is CCc1ccc(NC(=O)CSc2ccc3nnc(CCNC(=O)c4ccc(OC)cc4)n3n2)cc1. The van der Waals surface area contributed by atoms with Crippen LogP contribution in [0.15, 0.2) is 65.7 Å². The summed E-state index contributed by atoms with van der Waals surface area (Å²) in [6.45, 7) is 2.47. The lowest BCUT2D eigenvalue weighted by atomic mass is 10.1. The summed E-state index contributed by atoms with van der Waals surface area (Å²) in [6, 6.07) is 18.3. The second-order valence-corrected chi connectivity index (χ2v) is 8.68. The fourth-order valence-electron chi connectivity index (χ4n) is 3.34. The van der Waals surface area contributed by atoms with Crippen LogP contribution >= 0.6 is 11.8 Å². The van der Waals surface area contributed by atoms with Crippen LogP contribution in [0.5, 0.6) is 5.75 Å². The van der Waals surface area contributed by atoms with E-state index < -0.39 is 0 Å². The minimum atomic E-state index is -0.180. The lowest BCUT2D eigenvalue weighted by molar-refractivity contribution is -0.113. The molecule has 0 aliphatic carbocycles. The molecular formula is C25H26N6O3S. The molecule has 4 rings (SSSR count). The number of hydrogen-bond acceptors (Lipinski definition) is 7. The number of nitrogens with zero attached hydrogens (tertiary/aromatic N) is 4. The largest absolute Gasteiger partial charge is 0.497 e. The van der Waals surface area contributed by atoms with E-state index in [9.17, 15) is 9.59 Å². The zero-order valence-corrected chi connectivity index (χ0v) is 20.3. The fraction of sp³-hybridized carbons (Fsp3) is 0.240. The fourth-order valence-corrected chi connectivity index (χ4v) is 4.00. The van der Waals surface area contributed by atoms with Crippen LogP contribution in [0.25, 0.3) is 5.65 Å². The molecule has 0 aliphatic rings. The highest BCUT2D eigenvalue weighted by molar-refractivity contribution is 7.99. The van der Waals surface area contributed by atoms with E-state index in [0.29, 0.717) is 40.8 Å². The van der Waals surface area contributed by atoms with Gasteiger partial charge < -0.3 is 15.4 Å². The van der Waals surface area contributed by atoms with Gasteiger partial charge in [-0.05, 0) is 60.5 Å². The molecule has 2 aromatic heterocycles. The number of methoxy groups -OCH3 is 1. The van der Waals surface area contributed by atoms with Crippen LogP contribution in [-0.2, 0) is 17.6 Å². The summed E-state index contributed by atoms with van der Waals surface area (Å²) in [5.74, 6) is 1.26. The van der Waals surface area contributed by atoms with E-state index in [-0.39, 0.29) is 17.6 Å². The first-order chi connectivity index (χ1) is 17.1. The summed E-state index contributed by atoms with van der Waals surface area (Å²) in [7, 11) is 1.58. The molecule has 10 heteroatoms. The van der Waals surface area contributed by atoms with Crippen molar-refractivity contribution >= 4 is 34.9 Å². The molecule has 9 nitrogen and oxygen atoms in total. The minimum absolute atomic E-state index is 0.105. The van der Waals surface area contributed by atoms with E-state index in [4.69, 9.17) is 4.74 Å². The van der Waals surface area contributed by atoms with Gasteiger partial charge >= 0.3 is 0 Å². The van der Waals surface area contributed by atoms with Crippen LogP contribution in [-0.4, -0.2) is 51.0 Å². The van der Waals surface area contributed by atoms with Gasteiger partial charge in [0.1, 0.15) is 10.8 Å². The van der Waals surface area contributed by atoms with E-state index in [1.807, 2.05) is 36.4 Å². The molecule has 35 heavy (non-hydrogen) atoms. The number of anilines is 1. The van der Waals surface area contributed by atoms with Crippen LogP contribution in [0.1, 0.15) is 28.7 Å². The van der Waals surface area contributed by atoms with E-state index in [0.717, 1.165) is 12.1 Å². The van der Waals surface area contributed by atoms with Crippen molar-refractivity contribution in [2.75, 3.05) is 24.7 Å². The Balaban J connectivity index is 1.31. The minimum Gasteiger partial charge on any atom is -0.497 e. The van der Waals surface area contributed by atoms with Crippen molar-refractivity contribution in [2.24, 2.45) is 0 Å². The maximum atomic E-state index is 12.4. The van der Waals surface area contributed by atoms with Gasteiger partial charge in [0.05, 0.1) is 12.9 Å². The number of aryl methyl sites for hydroxylation is 1. The van der Waals surface area contributed by atoms with Crippen molar-refractivity contribution in [3.8, 4) is 5.75 Å². The average Bonchev–Trinajstić information content (AvgIpc) is 3.30. The average molecular weight is 491 g/mol. The number of rotatable bonds is 10. The molecule has 2 aromatic carbocycles. The van der Waals surface area contributed by atoms with Crippen LogP contribution < -0.4 is 15.4 Å². The number of hydrogen-bond donors (Lipinski definition) is 2. The molecule has 0 bridgehead atoms. The lowest BCUT2D eigenvalue weighted by Crippen LogP contribution is -2.26. The van der Waals surface area contributed by atoms with Gasteiger partial charge in [-0.3, -0.25) is 9.59 Å².